The molecule has 0 radical (unpaired) electrons. The molecular formula is C52H42N2. The summed E-state index contributed by atoms with van der Waals surface area (Å²) in [7, 11) is 0. The first kappa shape index (κ1) is 31.4. The van der Waals surface area contributed by atoms with E-state index in [1.165, 1.54) is 106 Å². The van der Waals surface area contributed by atoms with Crippen LogP contribution < -0.4 is 0 Å². The maximum atomic E-state index is 2.56. The molecule has 0 saturated carbocycles. The van der Waals surface area contributed by atoms with Crippen LogP contribution in [0.3, 0.4) is 0 Å². The molecule has 0 spiro atoms. The third-order valence-electron chi connectivity index (χ3n) is 12.7. The van der Waals surface area contributed by atoms with Crippen LogP contribution in [0, 0.1) is 0 Å². The minimum absolute atomic E-state index is 0.114. The highest BCUT2D eigenvalue weighted by atomic mass is 15.0. The minimum Gasteiger partial charge on any atom is -0.309 e. The number of hydrogen-bond acceptors (Lipinski definition) is 0. The van der Waals surface area contributed by atoms with Gasteiger partial charge in [-0.15, -0.1) is 0 Å². The smallest absolute Gasteiger partial charge is 0.0562 e. The van der Waals surface area contributed by atoms with E-state index in [-0.39, 0.29) is 10.8 Å². The molecule has 0 saturated heterocycles. The summed E-state index contributed by atoms with van der Waals surface area (Å²) < 4.78 is 5.03. The highest BCUT2D eigenvalue weighted by molar-refractivity contribution is 6.25. The second kappa shape index (κ2) is 11.2. The van der Waals surface area contributed by atoms with Gasteiger partial charge in [-0.25, -0.2) is 0 Å². The minimum atomic E-state index is 0.114. The van der Waals surface area contributed by atoms with Gasteiger partial charge in [0.2, 0.25) is 0 Å². The number of hydrogen-bond donors (Lipinski definition) is 0. The van der Waals surface area contributed by atoms with Gasteiger partial charge in [-0.1, -0.05) is 131 Å². The van der Waals surface area contributed by atoms with Gasteiger partial charge in [0, 0.05) is 32.9 Å². The first-order valence-corrected chi connectivity index (χ1v) is 19.4. The van der Waals surface area contributed by atoms with Gasteiger partial charge in [0.1, 0.15) is 0 Å². The summed E-state index contributed by atoms with van der Waals surface area (Å²) in [5, 5.41) is 10.3. The van der Waals surface area contributed by atoms with E-state index in [2.05, 4.69) is 195 Å². The van der Waals surface area contributed by atoms with E-state index in [0.717, 1.165) is 5.69 Å². The number of aromatic nitrogens is 2. The van der Waals surface area contributed by atoms with Gasteiger partial charge in [-0.3, -0.25) is 0 Å². The predicted octanol–water partition coefficient (Wildman–Crippen LogP) is 14.2. The van der Waals surface area contributed by atoms with Crippen molar-refractivity contribution in [2.75, 3.05) is 0 Å². The average molecular weight is 695 g/mol. The van der Waals surface area contributed by atoms with E-state index >= 15 is 0 Å². The average Bonchev–Trinajstić information content (AvgIpc) is 3.70. The lowest BCUT2D eigenvalue weighted by Gasteiger charge is -2.42. The van der Waals surface area contributed by atoms with Gasteiger partial charge in [0.15, 0.2) is 0 Å². The Morgan fingerprint density at radius 3 is 1.76 bits per heavy atom. The molecule has 2 aromatic heterocycles. The Morgan fingerprint density at radius 1 is 0.389 bits per heavy atom. The van der Waals surface area contributed by atoms with Crippen LogP contribution in [-0.4, -0.2) is 9.13 Å². The monoisotopic (exact) mass is 694 g/mol. The van der Waals surface area contributed by atoms with Crippen LogP contribution in [-0.2, 0) is 10.8 Å². The number of rotatable bonds is 3. The summed E-state index contributed by atoms with van der Waals surface area (Å²) in [6, 6.07) is 59.0. The number of benzene rings is 8. The molecule has 0 unspecified atom stereocenters. The van der Waals surface area contributed by atoms with Crippen molar-refractivity contribution in [1.29, 1.82) is 0 Å². The molecule has 0 N–H and O–H groups in total. The van der Waals surface area contributed by atoms with Crippen molar-refractivity contribution in [3.05, 3.63) is 169 Å². The Balaban J connectivity index is 1.29. The molecule has 0 fully saturated rings. The second-order valence-corrected chi connectivity index (χ2v) is 16.8. The zero-order valence-electron chi connectivity index (χ0n) is 31.3. The fourth-order valence-corrected chi connectivity index (χ4v) is 9.78. The van der Waals surface area contributed by atoms with Crippen molar-refractivity contribution in [2.45, 2.75) is 51.4 Å². The summed E-state index contributed by atoms with van der Waals surface area (Å²) >= 11 is 0. The summed E-state index contributed by atoms with van der Waals surface area (Å²) in [6.45, 7) is 9.74. The predicted molar refractivity (Wildman–Crippen MR) is 231 cm³/mol. The SMILES string of the molecule is CC1(C)CCC(C)(C)c2cc3c(cc21)c1cc2c4c5ccccc5ccc4n(-c4cccc(-c5cccc6ccccc56)c4)c2cc1n3-c1ccccc1. The second-order valence-electron chi connectivity index (χ2n) is 16.8. The molecule has 8 aromatic carbocycles. The Kier molecular flexibility index (Phi) is 6.51. The lowest BCUT2D eigenvalue weighted by Crippen LogP contribution is -2.33. The molecule has 2 nitrogen and oxygen atoms in total. The summed E-state index contributed by atoms with van der Waals surface area (Å²) in [6.07, 6.45) is 2.38. The zero-order valence-corrected chi connectivity index (χ0v) is 31.3. The molecule has 0 atom stereocenters. The summed E-state index contributed by atoms with van der Waals surface area (Å²) in [5.74, 6) is 0. The zero-order chi connectivity index (χ0) is 36.3. The molecule has 54 heavy (non-hydrogen) atoms. The van der Waals surface area contributed by atoms with Gasteiger partial charge in [0.25, 0.3) is 0 Å². The molecule has 1 aliphatic carbocycles. The van der Waals surface area contributed by atoms with E-state index in [1.54, 1.807) is 0 Å². The van der Waals surface area contributed by atoms with Crippen molar-refractivity contribution in [1.82, 2.24) is 9.13 Å². The Morgan fingerprint density at radius 2 is 0.963 bits per heavy atom. The van der Waals surface area contributed by atoms with Gasteiger partial charge in [-0.05, 0) is 122 Å². The molecule has 11 rings (SSSR count). The standard InChI is InChI=1S/C52H42N2/c1-51(2)26-27-52(3,4)45-31-47-42(30-44(45)51)41-29-43-49(32-48(41)53(47)36-18-6-5-7-19-36)54(46-25-24-34-15-9-11-22-40(34)50(43)46)37-20-12-17-35(28-37)39-23-13-16-33-14-8-10-21-38(33)39/h5-25,28-32H,26-27H2,1-4H3. The van der Waals surface area contributed by atoms with Crippen molar-refractivity contribution in [3.63, 3.8) is 0 Å². The molecule has 10 aromatic rings. The van der Waals surface area contributed by atoms with Crippen molar-refractivity contribution < 1.29 is 0 Å². The van der Waals surface area contributed by atoms with Gasteiger partial charge in [0.05, 0.1) is 22.1 Å². The highest BCUT2D eigenvalue weighted by Gasteiger charge is 2.38. The molecule has 1 aliphatic rings. The Hall–Kier alpha value is -6.12. The maximum absolute atomic E-state index is 2.56. The first-order valence-electron chi connectivity index (χ1n) is 19.4. The highest BCUT2D eigenvalue weighted by Crippen LogP contribution is 2.49. The van der Waals surface area contributed by atoms with E-state index in [9.17, 15) is 0 Å². The van der Waals surface area contributed by atoms with Crippen LogP contribution in [0.2, 0.25) is 0 Å². The Labute approximate surface area is 315 Å². The van der Waals surface area contributed by atoms with E-state index < -0.39 is 0 Å². The van der Waals surface area contributed by atoms with Crippen LogP contribution in [0.4, 0.5) is 0 Å². The quantitative estimate of drug-likeness (QED) is 0.174. The fraction of sp³-hybridized carbons (Fsp3) is 0.154. The maximum Gasteiger partial charge on any atom is 0.0562 e. The van der Waals surface area contributed by atoms with Gasteiger partial charge >= 0.3 is 0 Å². The van der Waals surface area contributed by atoms with Crippen molar-refractivity contribution >= 4 is 65.2 Å². The molecule has 2 heteroatoms. The normalized spacial score (nSPS) is 15.2. The topological polar surface area (TPSA) is 9.86 Å². The number of fused-ring (bicyclic) bond motifs is 10. The molecule has 0 bridgehead atoms. The van der Waals surface area contributed by atoms with Gasteiger partial charge in [-0.2, -0.15) is 0 Å². The number of nitrogens with zero attached hydrogens (tertiary/aromatic N) is 2. The molecule has 2 heterocycles. The largest absolute Gasteiger partial charge is 0.309 e. The van der Waals surface area contributed by atoms with Crippen LogP contribution >= 0.6 is 0 Å². The van der Waals surface area contributed by atoms with Crippen LogP contribution in [0.15, 0.2) is 158 Å². The Bertz CT molecular complexity index is 3150. The first-order chi connectivity index (χ1) is 26.3. The molecular weight excluding hydrogens is 653 g/mol. The van der Waals surface area contributed by atoms with Crippen LogP contribution in [0.25, 0.3) is 87.7 Å². The molecule has 0 aliphatic heterocycles. The third kappa shape index (κ3) is 4.46. The van der Waals surface area contributed by atoms with Crippen LogP contribution in [0.1, 0.15) is 51.7 Å². The molecule has 0 amide bonds. The van der Waals surface area contributed by atoms with Gasteiger partial charge < -0.3 is 9.13 Å². The van der Waals surface area contributed by atoms with Crippen molar-refractivity contribution in [3.8, 4) is 22.5 Å². The van der Waals surface area contributed by atoms with E-state index in [4.69, 9.17) is 0 Å². The van der Waals surface area contributed by atoms with Crippen molar-refractivity contribution in [2.24, 2.45) is 0 Å². The molecule has 260 valence electrons. The number of para-hydroxylation sites is 1. The lowest BCUT2D eigenvalue weighted by molar-refractivity contribution is 0.332. The van der Waals surface area contributed by atoms with E-state index in [0.29, 0.717) is 0 Å². The third-order valence-corrected chi connectivity index (χ3v) is 12.7. The van der Waals surface area contributed by atoms with E-state index in [1.807, 2.05) is 0 Å². The fourth-order valence-electron chi connectivity index (χ4n) is 9.78. The van der Waals surface area contributed by atoms with Crippen LogP contribution in [0.5, 0.6) is 0 Å². The lowest BCUT2D eigenvalue weighted by atomic mass is 9.63. The summed E-state index contributed by atoms with van der Waals surface area (Å²) in [5.41, 5.74) is 13.0. The summed E-state index contributed by atoms with van der Waals surface area (Å²) in [4.78, 5) is 0.